The molecule has 0 bridgehead atoms. The molecule has 1 aromatic carbocycles. The molecule has 3 aromatic rings. The molecule has 0 saturated heterocycles. The van der Waals surface area contributed by atoms with Gasteiger partial charge in [-0.05, 0) is 25.0 Å². The van der Waals surface area contributed by atoms with Crippen molar-refractivity contribution in [1.82, 2.24) is 14.6 Å². The van der Waals surface area contributed by atoms with Crippen molar-refractivity contribution in [2.45, 2.75) is 31.7 Å². The third-order valence-electron chi connectivity index (χ3n) is 4.62. The standard InChI is InChI=1S/C18H19N5O/c1-24-15-8-4-5-12(9-15)16-18(21-14-6-2-3-7-14)23-17(22-16)13(10-19)11-20-23/h4-5,8-9,11,14,20-21H,2-3,6-7H2,1H3. The molecule has 1 aliphatic rings. The number of hydrogen-bond acceptors (Lipinski definition) is 4. The van der Waals surface area contributed by atoms with Gasteiger partial charge in [0.25, 0.3) is 0 Å². The van der Waals surface area contributed by atoms with E-state index in [4.69, 9.17) is 9.72 Å². The lowest BCUT2D eigenvalue weighted by Gasteiger charge is -2.14. The second kappa shape index (κ2) is 5.93. The molecule has 2 N–H and O–H groups in total. The average Bonchev–Trinajstić information content (AvgIpc) is 3.33. The molecular formula is C18H19N5O. The number of fused-ring (bicyclic) bond motifs is 1. The Balaban J connectivity index is 1.85. The summed E-state index contributed by atoms with van der Waals surface area (Å²) in [4.78, 5) is 4.72. The minimum absolute atomic E-state index is 0.447. The topological polar surface area (TPSA) is 78.1 Å². The van der Waals surface area contributed by atoms with Crippen LogP contribution in [0.25, 0.3) is 16.9 Å². The third-order valence-corrected chi connectivity index (χ3v) is 4.62. The molecule has 0 radical (unpaired) electrons. The Morgan fingerprint density at radius 2 is 2.21 bits per heavy atom. The highest BCUT2D eigenvalue weighted by molar-refractivity contribution is 5.78. The Bertz CT molecular complexity index is 911. The summed E-state index contributed by atoms with van der Waals surface area (Å²) in [5, 5.41) is 16.1. The number of ether oxygens (including phenoxy) is 1. The van der Waals surface area contributed by atoms with Crippen molar-refractivity contribution in [2.24, 2.45) is 0 Å². The normalized spacial score (nSPS) is 14.8. The van der Waals surface area contributed by atoms with Crippen LogP contribution in [0.15, 0.2) is 30.5 Å². The molecule has 1 aliphatic carbocycles. The Hall–Kier alpha value is -2.94. The molecule has 24 heavy (non-hydrogen) atoms. The van der Waals surface area contributed by atoms with Crippen molar-refractivity contribution in [1.29, 1.82) is 5.26 Å². The van der Waals surface area contributed by atoms with Gasteiger partial charge in [-0.15, -0.1) is 0 Å². The molecule has 2 heterocycles. The van der Waals surface area contributed by atoms with Crippen LogP contribution in [0.5, 0.6) is 5.75 Å². The van der Waals surface area contributed by atoms with Gasteiger partial charge < -0.3 is 10.1 Å². The maximum Gasteiger partial charge on any atom is 0.173 e. The molecule has 2 aromatic heterocycles. The first-order chi connectivity index (χ1) is 11.8. The molecule has 122 valence electrons. The second-order valence-corrected chi connectivity index (χ2v) is 6.12. The predicted molar refractivity (Wildman–Crippen MR) is 92.1 cm³/mol. The van der Waals surface area contributed by atoms with Crippen LogP contribution in [0.1, 0.15) is 31.2 Å². The van der Waals surface area contributed by atoms with Gasteiger partial charge in [-0.2, -0.15) is 5.26 Å². The summed E-state index contributed by atoms with van der Waals surface area (Å²) in [6, 6.07) is 10.5. The predicted octanol–water partition coefficient (Wildman–Crippen LogP) is 3.56. The molecule has 6 nitrogen and oxygen atoms in total. The van der Waals surface area contributed by atoms with E-state index in [1.54, 1.807) is 13.3 Å². The minimum atomic E-state index is 0.447. The number of aromatic nitrogens is 3. The first-order valence-corrected chi connectivity index (χ1v) is 8.21. The van der Waals surface area contributed by atoms with Gasteiger partial charge in [-0.1, -0.05) is 25.0 Å². The molecular weight excluding hydrogens is 302 g/mol. The van der Waals surface area contributed by atoms with E-state index in [9.17, 15) is 5.26 Å². The van der Waals surface area contributed by atoms with Gasteiger partial charge in [-0.25, -0.2) is 9.50 Å². The summed E-state index contributed by atoms with van der Waals surface area (Å²) in [5.74, 6) is 1.70. The van der Waals surface area contributed by atoms with Crippen LogP contribution in [0, 0.1) is 11.3 Å². The van der Waals surface area contributed by atoms with Crippen LogP contribution in [-0.2, 0) is 0 Å². The lowest BCUT2D eigenvalue weighted by molar-refractivity contribution is 0.415. The van der Waals surface area contributed by atoms with Crippen LogP contribution >= 0.6 is 0 Å². The second-order valence-electron chi connectivity index (χ2n) is 6.12. The van der Waals surface area contributed by atoms with E-state index < -0.39 is 0 Å². The summed E-state index contributed by atoms with van der Waals surface area (Å²) < 4.78 is 7.20. The van der Waals surface area contributed by atoms with E-state index in [0.717, 1.165) is 35.7 Å². The van der Waals surface area contributed by atoms with E-state index >= 15 is 0 Å². The SMILES string of the molecule is COc1cccc(-c2nc3c(C#N)c[nH]n3c2NC2CCCC2)c1. The lowest BCUT2D eigenvalue weighted by atomic mass is 10.1. The highest BCUT2D eigenvalue weighted by atomic mass is 16.5. The van der Waals surface area contributed by atoms with Gasteiger partial charge in [0.05, 0.1) is 7.11 Å². The average molecular weight is 321 g/mol. The molecule has 0 spiro atoms. The maximum atomic E-state index is 9.30. The van der Waals surface area contributed by atoms with Crippen molar-refractivity contribution in [2.75, 3.05) is 12.4 Å². The number of aromatic amines is 1. The van der Waals surface area contributed by atoms with Gasteiger partial charge in [0.15, 0.2) is 11.5 Å². The zero-order chi connectivity index (χ0) is 16.5. The monoisotopic (exact) mass is 321 g/mol. The zero-order valence-electron chi connectivity index (χ0n) is 13.5. The summed E-state index contributed by atoms with van der Waals surface area (Å²) in [7, 11) is 1.65. The summed E-state index contributed by atoms with van der Waals surface area (Å²) in [5.41, 5.74) is 2.99. The smallest absolute Gasteiger partial charge is 0.173 e. The fraction of sp³-hybridized carbons (Fsp3) is 0.333. The van der Waals surface area contributed by atoms with Crippen molar-refractivity contribution >= 4 is 11.5 Å². The summed E-state index contributed by atoms with van der Waals surface area (Å²) in [6.07, 6.45) is 6.52. The fourth-order valence-electron chi connectivity index (χ4n) is 3.37. The molecule has 6 heteroatoms. The summed E-state index contributed by atoms with van der Waals surface area (Å²) >= 11 is 0. The number of methoxy groups -OCH3 is 1. The van der Waals surface area contributed by atoms with E-state index in [1.165, 1.54) is 12.8 Å². The van der Waals surface area contributed by atoms with Crippen LogP contribution in [0.2, 0.25) is 0 Å². The Kier molecular flexibility index (Phi) is 3.62. The molecule has 1 saturated carbocycles. The van der Waals surface area contributed by atoms with Crippen LogP contribution < -0.4 is 10.1 Å². The quantitative estimate of drug-likeness (QED) is 0.770. The molecule has 0 atom stereocenters. The number of anilines is 1. The zero-order valence-corrected chi connectivity index (χ0v) is 13.5. The molecule has 4 rings (SSSR count). The lowest BCUT2D eigenvalue weighted by Crippen LogP contribution is -2.16. The maximum absolute atomic E-state index is 9.30. The number of hydrogen-bond donors (Lipinski definition) is 2. The van der Waals surface area contributed by atoms with E-state index in [1.807, 2.05) is 28.8 Å². The first kappa shape index (κ1) is 14.6. The Morgan fingerprint density at radius 3 is 2.96 bits per heavy atom. The van der Waals surface area contributed by atoms with Crippen LogP contribution in [-0.4, -0.2) is 27.7 Å². The molecule has 1 fully saturated rings. The molecule has 0 unspecified atom stereocenters. The number of H-pyrrole nitrogens is 1. The number of nitrogens with one attached hydrogen (secondary N) is 2. The highest BCUT2D eigenvalue weighted by Crippen LogP contribution is 2.33. The van der Waals surface area contributed by atoms with E-state index in [0.29, 0.717) is 17.3 Å². The van der Waals surface area contributed by atoms with E-state index in [2.05, 4.69) is 16.5 Å². The number of imidazole rings is 1. The first-order valence-electron chi connectivity index (χ1n) is 8.21. The molecule has 0 aliphatic heterocycles. The van der Waals surface area contributed by atoms with E-state index in [-0.39, 0.29) is 0 Å². The van der Waals surface area contributed by atoms with Crippen molar-refractivity contribution < 1.29 is 4.74 Å². The molecule has 0 amide bonds. The van der Waals surface area contributed by atoms with Gasteiger partial charge in [0, 0.05) is 17.8 Å². The minimum Gasteiger partial charge on any atom is -0.497 e. The summed E-state index contributed by atoms with van der Waals surface area (Å²) in [6.45, 7) is 0. The number of nitrogens with zero attached hydrogens (tertiary/aromatic N) is 3. The van der Waals surface area contributed by atoms with Crippen molar-refractivity contribution in [3.63, 3.8) is 0 Å². The highest BCUT2D eigenvalue weighted by Gasteiger charge is 2.22. The van der Waals surface area contributed by atoms with Gasteiger partial charge in [0.2, 0.25) is 0 Å². The van der Waals surface area contributed by atoms with Gasteiger partial charge in [0.1, 0.15) is 23.1 Å². The largest absolute Gasteiger partial charge is 0.497 e. The number of benzene rings is 1. The number of rotatable bonds is 4. The van der Waals surface area contributed by atoms with Gasteiger partial charge >= 0.3 is 0 Å². The Labute approximate surface area is 140 Å². The van der Waals surface area contributed by atoms with Crippen molar-refractivity contribution in [3.05, 3.63) is 36.0 Å². The van der Waals surface area contributed by atoms with Crippen molar-refractivity contribution in [3.8, 4) is 23.1 Å². The van der Waals surface area contributed by atoms with Crippen LogP contribution in [0.3, 0.4) is 0 Å². The number of nitriles is 1. The van der Waals surface area contributed by atoms with Gasteiger partial charge in [-0.3, -0.25) is 5.10 Å². The third kappa shape index (κ3) is 2.38. The van der Waals surface area contributed by atoms with Crippen LogP contribution in [0.4, 0.5) is 5.82 Å². The Morgan fingerprint density at radius 1 is 1.38 bits per heavy atom. The fourth-order valence-corrected chi connectivity index (χ4v) is 3.37.